The van der Waals surface area contributed by atoms with Gasteiger partial charge in [0.1, 0.15) is 5.75 Å². The number of rotatable bonds is 13. The van der Waals surface area contributed by atoms with Crippen LogP contribution < -0.4 is 0 Å². The minimum absolute atomic E-state index is 0.0753. The van der Waals surface area contributed by atoms with Crippen LogP contribution in [0, 0.1) is 13.8 Å². The van der Waals surface area contributed by atoms with Crippen molar-refractivity contribution in [3.05, 3.63) is 70.3 Å². The Hall–Kier alpha value is -2.06. The summed E-state index contributed by atoms with van der Waals surface area (Å²) in [5, 5.41) is 21.1. The van der Waals surface area contributed by atoms with Crippen molar-refractivity contribution < 1.29 is 10.2 Å². The van der Waals surface area contributed by atoms with Crippen molar-refractivity contribution in [2.45, 2.75) is 110 Å². The minimum Gasteiger partial charge on any atom is -0.508 e. The van der Waals surface area contributed by atoms with Gasteiger partial charge in [0.15, 0.2) is 0 Å². The van der Waals surface area contributed by atoms with Gasteiger partial charge in [0.2, 0.25) is 0 Å². The SMILES string of the molecule is CCCCCCCC(O)(C=Cc1ccc(C(CC)(CC)c2ccc(O)c(C)c2)cc1C)CC. The maximum atomic E-state index is 11.1. The highest BCUT2D eigenvalue weighted by Crippen LogP contribution is 2.41. The molecule has 182 valence electrons. The van der Waals surface area contributed by atoms with Gasteiger partial charge >= 0.3 is 0 Å². The van der Waals surface area contributed by atoms with E-state index in [0.717, 1.165) is 37.7 Å². The van der Waals surface area contributed by atoms with Crippen LogP contribution in [-0.4, -0.2) is 15.8 Å². The highest BCUT2D eigenvalue weighted by molar-refractivity contribution is 5.57. The largest absolute Gasteiger partial charge is 0.508 e. The number of hydrogen-bond acceptors (Lipinski definition) is 2. The van der Waals surface area contributed by atoms with Gasteiger partial charge in [-0.2, -0.15) is 0 Å². The van der Waals surface area contributed by atoms with E-state index in [-0.39, 0.29) is 5.41 Å². The van der Waals surface area contributed by atoms with Crippen molar-refractivity contribution in [1.29, 1.82) is 0 Å². The van der Waals surface area contributed by atoms with E-state index < -0.39 is 5.60 Å². The van der Waals surface area contributed by atoms with E-state index in [0.29, 0.717) is 5.75 Å². The zero-order chi connectivity index (χ0) is 24.5. The minimum atomic E-state index is -0.725. The average molecular weight is 451 g/mol. The van der Waals surface area contributed by atoms with Gasteiger partial charge in [-0.15, -0.1) is 0 Å². The Kier molecular flexibility index (Phi) is 10.2. The van der Waals surface area contributed by atoms with Gasteiger partial charge < -0.3 is 10.2 Å². The lowest BCUT2D eigenvalue weighted by Crippen LogP contribution is -2.26. The summed E-state index contributed by atoms with van der Waals surface area (Å²) in [6.45, 7) is 12.9. The van der Waals surface area contributed by atoms with Crippen molar-refractivity contribution >= 4 is 6.08 Å². The number of aryl methyl sites for hydroxylation is 2. The highest BCUT2D eigenvalue weighted by atomic mass is 16.3. The summed E-state index contributed by atoms with van der Waals surface area (Å²) in [5.41, 5.74) is 5.09. The molecule has 2 rings (SSSR count). The molecule has 0 saturated heterocycles. The normalized spacial score (nSPS) is 14.0. The topological polar surface area (TPSA) is 40.5 Å². The van der Waals surface area contributed by atoms with Crippen molar-refractivity contribution in [1.82, 2.24) is 0 Å². The van der Waals surface area contributed by atoms with E-state index >= 15 is 0 Å². The lowest BCUT2D eigenvalue weighted by atomic mass is 9.70. The van der Waals surface area contributed by atoms with Gasteiger partial charge in [0, 0.05) is 5.41 Å². The van der Waals surface area contributed by atoms with Gasteiger partial charge in [-0.05, 0) is 73.4 Å². The fourth-order valence-electron chi connectivity index (χ4n) is 5.00. The molecule has 2 nitrogen and oxygen atoms in total. The summed E-state index contributed by atoms with van der Waals surface area (Å²) in [5.74, 6) is 0.352. The Morgan fingerprint density at radius 1 is 0.758 bits per heavy atom. The first-order chi connectivity index (χ1) is 15.7. The third kappa shape index (κ3) is 6.73. The number of benzene rings is 2. The average Bonchev–Trinajstić information content (AvgIpc) is 2.81. The zero-order valence-corrected chi connectivity index (χ0v) is 21.9. The Labute approximate surface area is 202 Å². The molecule has 0 aliphatic carbocycles. The third-order valence-electron chi connectivity index (χ3n) is 7.68. The number of phenols is 1. The van der Waals surface area contributed by atoms with Gasteiger partial charge in [0.05, 0.1) is 5.60 Å². The molecule has 2 aromatic carbocycles. The maximum Gasteiger partial charge on any atom is 0.118 e. The van der Waals surface area contributed by atoms with Gasteiger partial charge in [-0.1, -0.05) is 102 Å². The Bertz CT molecular complexity index is 907. The van der Waals surface area contributed by atoms with Crippen molar-refractivity contribution in [3.63, 3.8) is 0 Å². The van der Waals surface area contributed by atoms with Crippen molar-refractivity contribution in [2.75, 3.05) is 0 Å². The smallest absolute Gasteiger partial charge is 0.118 e. The molecule has 0 aromatic heterocycles. The van der Waals surface area contributed by atoms with Crippen LogP contribution in [0.1, 0.15) is 113 Å². The molecule has 0 aliphatic rings. The highest BCUT2D eigenvalue weighted by Gasteiger charge is 2.31. The molecule has 0 spiro atoms. The number of phenolic OH excluding ortho intramolecular Hbond substituents is 1. The van der Waals surface area contributed by atoms with Gasteiger partial charge in [-0.25, -0.2) is 0 Å². The summed E-state index contributed by atoms with van der Waals surface area (Å²) in [6.07, 6.45) is 13.8. The molecular formula is C31H46O2. The van der Waals surface area contributed by atoms with E-state index in [1.54, 1.807) is 0 Å². The van der Waals surface area contributed by atoms with Gasteiger partial charge in [-0.3, -0.25) is 0 Å². The van der Waals surface area contributed by atoms with E-state index in [1.807, 2.05) is 19.1 Å². The number of hydrogen-bond donors (Lipinski definition) is 2. The molecule has 0 amide bonds. The summed E-state index contributed by atoms with van der Waals surface area (Å²) in [6, 6.07) is 12.8. The molecule has 33 heavy (non-hydrogen) atoms. The van der Waals surface area contributed by atoms with E-state index in [9.17, 15) is 10.2 Å². The van der Waals surface area contributed by atoms with E-state index in [4.69, 9.17) is 0 Å². The van der Waals surface area contributed by atoms with Crippen molar-refractivity contribution in [3.8, 4) is 5.75 Å². The third-order valence-corrected chi connectivity index (χ3v) is 7.68. The number of unbranched alkanes of at least 4 members (excludes halogenated alkanes) is 4. The molecule has 2 N–H and O–H groups in total. The fraction of sp³-hybridized carbons (Fsp3) is 0.548. The Balaban J connectivity index is 2.27. The molecule has 1 unspecified atom stereocenters. The molecule has 0 heterocycles. The first kappa shape index (κ1) is 27.2. The molecule has 2 heteroatoms. The predicted octanol–water partition coefficient (Wildman–Crippen LogP) is 8.63. The van der Waals surface area contributed by atoms with Crippen LogP contribution in [0.15, 0.2) is 42.5 Å². The lowest BCUT2D eigenvalue weighted by Gasteiger charge is -2.34. The van der Waals surface area contributed by atoms with E-state index in [2.05, 4.69) is 71.0 Å². The van der Waals surface area contributed by atoms with Gasteiger partial charge in [0.25, 0.3) is 0 Å². The standard InChI is InChI=1S/C31H46O2/c1-7-11-12-13-14-20-30(33,8-2)21-19-26-15-16-27(22-24(26)5)31(9-3,10-4)28-17-18-29(32)25(6)23-28/h15-19,21-23,32-33H,7-14,20H2,1-6H3. The van der Waals surface area contributed by atoms with Crippen LogP contribution >= 0.6 is 0 Å². The Morgan fingerprint density at radius 2 is 1.36 bits per heavy atom. The molecule has 0 radical (unpaired) electrons. The maximum absolute atomic E-state index is 11.1. The first-order valence-electron chi connectivity index (χ1n) is 13.1. The van der Waals surface area contributed by atoms with Crippen LogP contribution in [-0.2, 0) is 5.41 Å². The van der Waals surface area contributed by atoms with E-state index in [1.165, 1.54) is 47.9 Å². The number of aromatic hydroxyl groups is 1. The molecule has 0 saturated carbocycles. The predicted molar refractivity (Wildman–Crippen MR) is 143 cm³/mol. The molecule has 0 bridgehead atoms. The summed E-state index contributed by atoms with van der Waals surface area (Å²) in [7, 11) is 0. The monoisotopic (exact) mass is 450 g/mol. The second-order valence-corrected chi connectivity index (χ2v) is 9.82. The summed E-state index contributed by atoms with van der Waals surface area (Å²) >= 11 is 0. The zero-order valence-electron chi connectivity index (χ0n) is 21.9. The lowest BCUT2D eigenvalue weighted by molar-refractivity contribution is 0.0752. The van der Waals surface area contributed by atoms with Crippen LogP contribution in [0.3, 0.4) is 0 Å². The summed E-state index contributed by atoms with van der Waals surface area (Å²) in [4.78, 5) is 0. The van der Waals surface area contributed by atoms with Crippen molar-refractivity contribution in [2.24, 2.45) is 0 Å². The molecule has 0 aliphatic heterocycles. The molecule has 1 atom stereocenters. The number of aliphatic hydroxyl groups is 1. The van der Waals surface area contributed by atoms with Crippen LogP contribution in [0.25, 0.3) is 6.08 Å². The molecule has 0 fully saturated rings. The molecular weight excluding hydrogens is 404 g/mol. The summed E-state index contributed by atoms with van der Waals surface area (Å²) < 4.78 is 0. The first-order valence-corrected chi connectivity index (χ1v) is 13.1. The van der Waals surface area contributed by atoms with Crippen LogP contribution in [0.2, 0.25) is 0 Å². The fourth-order valence-corrected chi connectivity index (χ4v) is 5.00. The second kappa shape index (κ2) is 12.4. The van der Waals surface area contributed by atoms with Crippen LogP contribution in [0.5, 0.6) is 5.75 Å². The Morgan fingerprint density at radius 3 is 1.91 bits per heavy atom. The second-order valence-electron chi connectivity index (χ2n) is 9.82. The quantitative estimate of drug-likeness (QED) is 0.300. The van der Waals surface area contributed by atoms with Crippen LogP contribution in [0.4, 0.5) is 0 Å². The molecule has 2 aromatic rings.